The van der Waals surface area contributed by atoms with E-state index in [0.717, 1.165) is 34.9 Å². The predicted octanol–water partition coefficient (Wildman–Crippen LogP) is 5.45. The molecule has 2 N–H and O–H groups in total. The molecule has 3 aromatic carbocycles. The summed E-state index contributed by atoms with van der Waals surface area (Å²) in [7, 11) is 0. The van der Waals surface area contributed by atoms with Gasteiger partial charge >= 0.3 is 0 Å². The van der Waals surface area contributed by atoms with Crippen LogP contribution in [0.4, 0.5) is 5.69 Å². The second-order valence-electron chi connectivity index (χ2n) is 7.08. The molecule has 3 aromatic rings. The summed E-state index contributed by atoms with van der Waals surface area (Å²) in [5.74, 6) is 0.675. The molecule has 3 rings (SSSR count). The molecule has 0 heterocycles. The third kappa shape index (κ3) is 4.63. The highest BCUT2D eigenvalue weighted by molar-refractivity contribution is 5.91. The summed E-state index contributed by atoms with van der Waals surface area (Å²) in [6, 6.07) is 19.6. The first-order valence-corrected chi connectivity index (χ1v) is 9.08. The first-order valence-electron chi connectivity index (χ1n) is 9.08. The van der Waals surface area contributed by atoms with Crippen LogP contribution in [0.3, 0.4) is 0 Å². The molecule has 1 unspecified atom stereocenters. The summed E-state index contributed by atoms with van der Waals surface area (Å²) < 4.78 is 0. The van der Waals surface area contributed by atoms with Crippen molar-refractivity contribution in [2.75, 3.05) is 5.32 Å². The first-order chi connectivity index (χ1) is 12.5. The minimum absolute atomic E-state index is 0.0702. The van der Waals surface area contributed by atoms with E-state index in [9.17, 15) is 9.90 Å². The van der Waals surface area contributed by atoms with Gasteiger partial charge in [0.05, 0.1) is 0 Å². The molecular formula is C23H25NO2. The zero-order chi connectivity index (χ0) is 18.5. The van der Waals surface area contributed by atoms with E-state index < -0.39 is 0 Å². The first kappa shape index (κ1) is 18.0. The van der Waals surface area contributed by atoms with Gasteiger partial charge in [0.2, 0.25) is 5.91 Å². The van der Waals surface area contributed by atoms with Crippen molar-refractivity contribution in [1.82, 2.24) is 0 Å². The quantitative estimate of drug-likeness (QED) is 0.623. The average Bonchev–Trinajstić information content (AvgIpc) is 2.62. The Hall–Kier alpha value is -2.81. The van der Waals surface area contributed by atoms with Crippen LogP contribution in [0.5, 0.6) is 5.75 Å². The highest BCUT2D eigenvalue weighted by Gasteiger charge is 2.11. The molecule has 0 saturated carbocycles. The molecule has 134 valence electrons. The highest BCUT2D eigenvalue weighted by Crippen LogP contribution is 2.23. The normalized spacial score (nSPS) is 12.1. The zero-order valence-electron chi connectivity index (χ0n) is 15.3. The molecule has 26 heavy (non-hydrogen) atoms. The van der Waals surface area contributed by atoms with Crippen molar-refractivity contribution in [3.05, 3.63) is 71.8 Å². The molecule has 0 spiro atoms. The van der Waals surface area contributed by atoms with Gasteiger partial charge in [0.1, 0.15) is 5.75 Å². The van der Waals surface area contributed by atoms with E-state index in [1.165, 1.54) is 5.56 Å². The van der Waals surface area contributed by atoms with E-state index >= 15 is 0 Å². The summed E-state index contributed by atoms with van der Waals surface area (Å²) in [5.41, 5.74) is 3.23. The standard InChI is InChI=1S/C23H25NO2/c1-16(13-23(26)24-22-6-4-3-5-17(22)2)7-8-18-9-10-20-15-21(25)12-11-19(20)14-18/h3-6,9-12,14-16,25H,7-8,13H2,1-2H3,(H,24,26). The zero-order valence-corrected chi connectivity index (χ0v) is 15.3. The Kier molecular flexibility index (Phi) is 5.57. The van der Waals surface area contributed by atoms with E-state index in [-0.39, 0.29) is 5.91 Å². The molecule has 0 fully saturated rings. The second-order valence-corrected chi connectivity index (χ2v) is 7.08. The fraction of sp³-hybridized carbons (Fsp3) is 0.261. The minimum atomic E-state index is 0.0702. The van der Waals surface area contributed by atoms with E-state index in [4.69, 9.17) is 0 Å². The van der Waals surface area contributed by atoms with Crippen LogP contribution in [-0.2, 0) is 11.2 Å². The number of rotatable bonds is 6. The van der Waals surface area contributed by atoms with Gasteiger partial charge in [-0.1, -0.05) is 49.4 Å². The van der Waals surface area contributed by atoms with Crippen molar-refractivity contribution < 1.29 is 9.90 Å². The third-order valence-corrected chi connectivity index (χ3v) is 4.77. The molecule has 1 amide bonds. The maximum Gasteiger partial charge on any atom is 0.224 e. The van der Waals surface area contributed by atoms with Gasteiger partial charge in [0.25, 0.3) is 0 Å². The van der Waals surface area contributed by atoms with Crippen molar-refractivity contribution in [3.63, 3.8) is 0 Å². The van der Waals surface area contributed by atoms with Crippen LogP contribution in [0, 0.1) is 12.8 Å². The number of aromatic hydroxyl groups is 1. The van der Waals surface area contributed by atoms with Crippen LogP contribution in [0.1, 0.15) is 30.9 Å². The van der Waals surface area contributed by atoms with Crippen LogP contribution in [0.2, 0.25) is 0 Å². The number of nitrogens with one attached hydrogen (secondary N) is 1. The van der Waals surface area contributed by atoms with Crippen molar-refractivity contribution >= 4 is 22.4 Å². The van der Waals surface area contributed by atoms with E-state index in [1.807, 2.05) is 43.3 Å². The molecule has 3 heteroatoms. The Labute approximate surface area is 154 Å². The number of hydrogen-bond donors (Lipinski definition) is 2. The monoisotopic (exact) mass is 347 g/mol. The number of benzene rings is 3. The van der Waals surface area contributed by atoms with Crippen LogP contribution in [0.25, 0.3) is 10.8 Å². The molecule has 0 radical (unpaired) electrons. The summed E-state index contributed by atoms with van der Waals surface area (Å²) in [4.78, 5) is 12.3. The van der Waals surface area contributed by atoms with E-state index in [2.05, 4.69) is 24.4 Å². The largest absolute Gasteiger partial charge is 0.508 e. The van der Waals surface area contributed by atoms with Crippen molar-refractivity contribution in [3.8, 4) is 5.75 Å². The Morgan fingerprint density at radius 3 is 2.58 bits per heavy atom. The van der Waals surface area contributed by atoms with Crippen LogP contribution in [-0.4, -0.2) is 11.0 Å². The number of carbonyl (C=O) groups excluding carboxylic acids is 1. The molecule has 3 nitrogen and oxygen atoms in total. The van der Waals surface area contributed by atoms with E-state index in [0.29, 0.717) is 18.1 Å². The number of amides is 1. The molecule has 0 aliphatic carbocycles. The Balaban J connectivity index is 1.53. The number of phenolic OH excluding ortho intramolecular Hbond substituents is 1. The maximum absolute atomic E-state index is 12.3. The summed E-state index contributed by atoms with van der Waals surface area (Å²) in [5, 5.41) is 14.7. The topological polar surface area (TPSA) is 49.3 Å². The summed E-state index contributed by atoms with van der Waals surface area (Å²) in [6.45, 7) is 4.12. The predicted molar refractivity (Wildman–Crippen MR) is 108 cm³/mol. The van der Waals surface area contributed by atoms with Gasteiger partial charge in [-0.25, -0.2) is 0 Å². The lowest BCUT2D eigenvalue weighted by molar-refractivity contribution is -0.117. The van der Waals surface area contributed by atoms with Crippen LogP contribution >= 0.6 is 0 Å². The third-order valence-electron chi connectivity index (χ3n) is 4.77. The smallest absolute Gasteiger partial charge is 0.224 e. The second kappa shape index (κ2) is 8.05. The number of phenols is 1. The van der Waals surface area contributed by atoms with Gasteiger partial charge < -0.3 is 10.4 Å². The number of fused-ring (bicyclic) bond motifs is 1. The number of aryl methyl sites for hydroxylation is 2. The minimum Gasteiger partial charge on any atom is -0.508 e. The molecular weight excluding hydrogens is 322 g/mol. The maximum atomic E-state index is 12.3. The van der Waals surface area contributed by atoms with Crippen molar-refractivity contribution in [1.29, 1.82) is 0 Å². The molecule has 0 aromatic heterocycles. The fourth-order valence-corrected chi connectivity index (χ4v) is 3.18. The van der Waals surface area contributed by atoms with Crippen molar-refractivity contribution in [2.45, 2.75) is 33.1 Å². The Morgan fingerprint density at radius 2 is 1.77 bits per heavy atom. The number of para-hydroxylation sites is 1. The molecule has 0 saturated heterocycles. The van der Waals surface area contributed by atoms with Crippen LogP contribution < -0.4 is 5.32 Å². The molecule has 0 bridgehead atoms. The van der Waals surface area contributed by atoms with Gasteiger partial charge in [-0.2, -0.15) is 0 Å². The number of hydrogen-bond acceptors (Lipinski definition) is 2. The lowest BCUT2D eigenvalue weighted by Crippen LogP contribution is -2.16. The molecule has 0 aliphatic rings. The van der Waals surface area contributed by atoms with Gasteiger partial charge in [-0.15, -0.1) is 0 Å². The number of anilines is 1. The lowest BCUT2D eigenvalue weighted by Gasteiger charge is -2.13. The Morgan fingerprint density at radius 1 is 1.04 bits per heavy atom. The van der Waals surface area contributed by atoms with Crippen molar-refractivity contribution in [2.24, 2.45) is 5.92 Å². The van der Waals surface area contributed by atoms with Gasteiger partial charge in [-0.05, 0) is 65.8 Å². The summed E-state index contributed by atoms with van der Waals surface area (Å²) in [6.07, 6.45) is 2.43. The van der Waals surface area contributed by atoms with Gasteiger partial charge in [0.15, 0.2) is 0 Å². The van der Waals surface area contributed by atoms with E-state index in [1.54, 1.807) is 12.1 Å². The SMILES string of the molecule is Cc1ccccc1NC(=O)CC(C)CCc1ccc2cc(O)ccc2c1. The van der Waals surface area contributed by atoms with Gasteiger partial charge in [0, 0.05) is 12.1 Å². The van der Waals surface area contributed by atoms with Gasteiger partial charge in [-0.3, -0.25) is 4.79 Å². The highest BCUT2D eigenvalue weighted by atomic mass is 16.3. The average molecular weight is 347 g/mol. The molecule has 0 aliphatic heterocycles. The summed E-state index contributed by atoms with van der Waals surface area (Å²) >= 11 is 0. The molecule has 1 atom stereocenters. The lowest BCUT2D eigenvalue weighted by atomic mass is 9.96. The Bertz CT molecular complexity index is 917. The fourth-order valence-electron chi connectivity index (χ4n) is 3.18. The number of carbonyl (C=O) groups is 1. The van der Waals surface area contributed by atoms with Crippen LogP contribution in [0.15, 0.2) is 60.7 Å².